The average Bonchev–Trinajstić information content (AvgIpc) is 1.80. The van der Waals surface area contributed by atoms with Gasteiger partial charge in [-0.05, 0) is 12.1 Å². The maximum atomic E-state index is 10.6. The van der Waals surface area contributed by atoms with Gasteiger partial charge >= 0.3 is 0 Å². The van der Waals surface area contributed by atoms with Gasteiger partial charge in [0.05, 0.1) is 5.02 Å². The Morgan fingerprint density at radius 3 is 2.33 bits per heavy atom. The quantitative estimate of drug-likeness (QED) is 0.558. The molecule has 0 bridgehead atoms. The zero-order valence-electron chi connectivity index (χ0n) is 4.40. The molecule has 0 heterocycles. The molecule has 0 aliphatic rings. The molecule has 1 rings (SSSR count). The van der Waals surface area contributed by atoms with Gasteiger partial charge in [-0.2, -0.15) is 0 Å². The van der Waals surface area contributed by atoms with Gasteiger partial charge in [0.2, 0.25) is 0 Å². The fourth-order valence-electron chi connectivity index (χ4n) is 0.477. The van der Waals surface area contributed by atoms with Crippen LogP contribution in [0.4, 0.5) is 0 Å². The van der Waals surface area contributed by atoms with Crippen molar-refractivity contribution in [3.8, 4) is 5.75 Å². The molecule has 9 heavy (non-hydrogen) atoms. The van der Waals surface area contributed by atoms with E-state index < -0.39 is 0 Å². The van der Waals surface area contributed by atoms with Crippen molar-refractivity contribution in [2.24, 2.45) is 0 Å². The molecule has 3 heteroatoms. The van der Waals surface area contributed by atoms with Gasteiger partial charge in [-0.25, -0.2) is 0 Å². The largest absolute Gasteiger partial charge is 0.288 e. The first kappa shape index (κ1) is 6.72. The first-order valence-electron chi connectivity index (χ1n) is 2.32. The van der Waals surface area contributed by atoms with E-state index in [1.165, 1.54) is 12.1 Å². The monoisotopic (exact) mass is 161 g/mol. The molecule has 0 aromatic heterocycles. The number of hydrogen-bond donors (Lipinski definition) is 0. The molecule has 1 nitrogen and oxygen atoms in total. The van der Waals surface area contributed by atoms with Crippen LogP contribution in [0.2, 0.25) is 10.0 Å². The van der Waals surface area contributed by atoms with Gasteiger partial charge in [-0.3, -0.25) is 5.11 Å². The van der Waals surface area contributed by atoms with Gasteiger partial charge in [0, 0.05) is 11.1 Å². The number of benzene rings is 1. The zero-order valence-corrected chi connectivity index (χ0v) is 5.91. The highest BCUT2D eigenvalue weighted by atomic mass is 35.5. The van der Waals surface area contributed by atoms with Gasteiger partial charge in [0.15, 0.2) is 5.75 Å². The molecule has 0 aliphatic heterocycles. The van der Waals surface area contributed by atoms with Crippen LogP contribution in [0.15, 0.2) is 18.2 Å². The van der Waals surface area contributed by atoms with E-state index in [0.717, 1.165) is 0 Å². The van der Waals surface area contributed by atoms with Crippen LogP contribution >= 0.6 is 23.2 Å². The van der Waals surface area contributed by atoms with Crippen LogP contribution in [-0.4, -0.2) is 0 Å². The maximum absolute atomic E-state index is 10.6. The molecule has 1 aromatic carbocycles. The highest BCUT2D eigenvalue weighted by Gasteiger charge is 1.98. The molecule has 0 saturated carbocycles. The molecule has 1 radical (unpaired) electrons. The third kappa shape index (κ3) is 1.50. The van der Waals surface area contributed by atoms with Crippen LogP contribution in [0, 0.1) is 0 Å². The van der Waals surface area contributed by atoms with Crippen LogP contribution < -0.4 is 0 Å². The summed E-state index contributed by atoms with van der Waals surface area (Å²) < 4.78 is 0. The summed E-state index contributed by atoms with van der Waals surface area (Å²) >= 11 is 10.9. The Morgan fingerprint density at radius 1 is 1.22 bits per heavy atom. The van der Waals surface area contributed by atoms with Crippen LogP contribution in [0.3, 0.4) is 0 Å². The van der Waals surface area contributed by atoms with Crippen molar-refractivity contribution >= 4 is 23.2 Å². The lowest BCUT2D eigenvalue weighted by Crippen LogP contribution is -1.65. The van der Waals surface area contributed by atoms with Crippen LogP contribution in [-0.2, 0) is 5.11 Å². The number of hydrogen-bond acceptors (Lipinski definition) is 0. The van der Waals surface area contributed by atoms with E-state index in [4.69, 9.17) is 23.2 Å². The molecular formula is C6H3Cl2O. The van der Waals surface area contributed by atoms with Crippen molar-refractivity contribution in [3.63, 3.8) is 0 Å². The molecule has 0 spiro atoms. The summed E-state index contributed by atoms with van der Waals surface area (Å²) in [5.74, 6) is -0.232. The summed E-state index contributed by atoms with van der Waals surface area (Å²) in [7, 11) is 0. The van der Waals surface area contributed by atoms with Crippen molar-refractivity contribution in [2.45, 2.75) is 0 Å². The van der Waals surface area contributed by atoms with E-state index in [-0.39, 0.29) is 10.8 Å². The summed E-state index contributed by atoms with van der Waals surface area (Å²) in [4.78, 5) is 0. The van der Waals surface area contributed by atoms with Gasteiger partial charge in [-0.15, -0.1) is 0 Å². The van der Waals surface area contributed by atoms with E-state index in [0.29, 0.717) is 5.02 Å². The van der Waals surface area contributed by atoms with Crippen molar-refractivity contribution in [1.82, 2.24) is 0 Å². The lowest BCUT2D eigenvalue weighted by molar-refractivity contribution is 0.355. The first-order valence-corrected chi connectivity index (χ1v) is 3.08. The average molecular weight is 162 g/mol. The summed E-state index contributed by atoms with van der Waals surface area (Å²) in [6, 6.07) is 4.33. The van der Waals surface area contributed by atoms with E-state index in [2.05, 4.69) is 0 Å². The van der Waals surface area contributed by atoms with Crippen LogP contribution in [0.1, 0.15) is 0 Å². The Morgan fingerprint density at radius 2 is 1.89 bits per heavy atom. The second-order valence-electron chi connectivity index (χ2n) is 1.57. The van der Waals surface area contributed by atoms with Crippen LogP contribution in [0.25, 0.3) is 0 Å². The standard InChI is InChI=1S/C6H3Cl2O/c7-4-1-2-5(8)6(9)3-4/h1-3H. The molecule has 0 amide bonds. The summed E-state index contributed by atoms with van der Waals surface area (Å²) in [6.07, 6.45) is 0. The smallest absolute Gasteiger partial charge is 0.198 e. The van der Waals surface area contributed by atoms with Gasteiger partial charge < -0.3 is 0 Å². The fourth-order valence-corrected chi connectivity index (χ4v) is 0.757. The fraction of sp³-hybridized carbons (Fsp3) is 0. The normalized spacial score (nSPS) is 9.56. The summed E-state index contributed by atoms with van der Waals surface area (Å²) in [5.41, 5.74) is 0. The van der Waals surface area contributed by atoms with Gasteiger partial charge in [0.1, 0.15) is 0 Å². The highest BCUT2D eigenvalue weighted by molar-refractivity contribution is 6.34. The molecular weight excluding hydrogens is 159 g/mol. The van der Waals surface area contributed by atoms with Crippen molar-refractivity contribution in [2.75, 3.05) is 0 Å². The SMILES string of the molecule is [O]c1cc(Cl)ccc1Cl. The molecule has 0 unspecified atom stereocenters. The minimum Gasteiger partial charge on any atom is -0.288 e. The van der Waals surface area contributed by atoms with Gasteiger partial charge in [0.25, 0.3) is 0 Å². The predicted octanol–water partition coefficient (Wildman–Crippen LogP) is 3.14. The van der Waals surface area contributed by atoms with Crippen LogP contribution in [0.5, 0.6) is 5.75 Å². The second-order valence-corrected chi connectivity index (χ2v) is 2.42. The Bertz CT molecular complexity index is 222. The molecule has 0 aliphatic carbocycles. The van der Waals surface area contributed by atoms with E-state index in [1.807, 2.05) is 0 Å². The Balaban J connectivity index is 3.17. The number of rotatable bonds is 0. The highest BCUT2D eigenvalue weighted by Crippen LogP contribution is 2.26. The second kappa shape index (κ2) is 2.46. The first-order chi connectivity index (χ1) is 4.20. The van der Waals surface area contributed by atoms with E-state index in [1.54, 1.807) is 6.07 Å². The Labute approximate surface area is 62.8 Å². The van der Waals surface area contributed by atoms with E-state index in [9.17, 15) is 5.11 Å². The minimum absolute atomic E-state index is 0.208. The van der Waals surface area contributed by atoms with Crippen molar-refractivity contribution < 1.29 is 5.11 Å². The lowest BCUT2D eigenvalue weighted by Gasteiger charge is -1.90. The zero-order chi connectivity index (χ0) is 6.85. The predicted molar refractivity (Wildman–Crippen MR) is 36.6 cm³/mol. The maximum Gasteiger partial charge on any atom is 0.198 e. The third-order valence-corrected chi connectivity index (χ3v) is 1.44. The van der Waals surface area contributed by atoms with Crippen molar-refractivity contribution in [1.29, 1.82) is 0 Å². The Hall–Kier alpha value is -0.400. The van der Waals surface area contributed by atoms with Crippen molar-refractivity contribution in [3.05, 3.63) is 28.2 Å². The summed E-state index contributed by atoms with van der Waals surface area (Å²) in [5, 5.41) is 11.3. The Kier molecular flexibility index (Phi) is 1.84. The summed E-state index contributed by atoms with van der Waals surface area (Å²) in [6.45, 7) is 0. The molecule has 1 aromatic rings. The third-order valence-electron chi connectivity index (χ3n) is 0.893. The molecule has 0 saturated heterocycles. The molecule has 0 N–H and O–H groups in total. The number of halogens is 2. The minimum atomic E-state index is -0.232. The topological polar surface area (TPSA) is 19.9 Å². The molecule has 47 valence electrons. The van der Waals surface area contributed by atoms with Gasteiger partial charge in [-0.1, -0.05) is 23.2 Å². The lowest BCUT2D eigenvalue weighted by atomic mass is 10.3. The molecule has 0 atom stereocenters. The van der Waals surface area contributed by atoms with E-state index >= 15 is 0 Å². The molecule has 0 fully saturated rings.